The number of hydrogen-bond acceptors (Lipinski definition) is 4. The molecule has 0 bridgehead atoms. The first-order valence-electron chi connectivity index (χ1n) is 4.90. The third-order valence-electron chi connectivity index (χ3n) is 2.36. The summed E-state index contributed by atoms with van der Waals surface area (Å²) in [5.41, 5.74) is -1.09. The molecule has 0 atom stereocenters. The number of nitrogens with zero attached hydrogens (tertiary/aromatic N) is 2. The molecule has 2 rings (SSSR count). The van der Waals surface area contributed by atoms with E-state index in [0.717, 1.165) is 6.42 Å². The van der Waals surface area contributed by atoms with E-state index in [0.29, 0.717) is 21.0 Å². The van der Waals surface area contributed by atoms with Gasteiger partial charge < -0.3 is 5.21 Å². The minimum Gasteiger partial charge on any atom is -0.617 e. The van der Waals surface area contributed by atoms with Crippen molar-refractivity contribution < 1.29 is 4.73 Å². The number of fused-ring (bicyclic) bond motifs is 1. The first-order chi connectivity index (χ1) is 7.56. The van der Waals surface area contributed by atoms with Crippen molar-refractivity contribution in [2.45, 2.75) is 19.8 Å². The van der Waals surface area contributed by atoms with E-state index in [1.807, 2.05) is 6.92 Å². The van der Waals surface area contributed by atoms with Gasteiger partial charge in [-0.05, 0) is 17.8 Å². The zero-order valence-electron chi connectivity index (χ0n) is 8.94. The molecular weight excluding hydrogens is 230 g/mol. The van der Waals surface area contributed by atoms with E-state index >= 15 is 0 Å². The zero-order valence-corrected chi connectivity index (χ0v) is 9.76. The second-order valence-electron chi connectivity index (χ2n) is 3.51. The fourth-order valence-corrected chi connectivity index (χ4v) is 2.72. The second kappa shape index (κ2) is 3.75. The van der Waals surface area contributed by atoms with Crippen LogP contribution in [0.2, 0.25) is 0 Å². The van der Waals surface area contributed by atoms with Crippen molar-refractivity contribution in [2.75, 3.05) is 0 Å². The van der Waals surface area contributed by atoms with E-state index in [2.05, 4.69) is 4.98 Å². The van der Waals surface area contributed by atoms with Crippen molar-refractivity contribution in [3.8, 4) is 0 Å². The molecule has 0 saturated heterocycles. The number of rotatable bonds is 2. The van der Waals surface area contributed by atoms with Gasteiger partial charge in [-0.3, -0.25) is 14.3 Å². The van der Waals surface area contributed by atoms with Crippen molar-refractivity contribution in [3.63, 3.8) is 0 Å². The molecule has 2 aromatic heterocycles. The van der Waals surface area contributed by atoms with Crippen LogP contribution >= 0.6 is 11.3 Å². The topological polar surface area (TPSA) is 81.8 Å². The number of aryl methyl sites for hydroxylation is 2. The molecule has 0 saturated carbocycles. The Morgan fingerprint density at radius 1 is 1.50 bits per heavy atom. The monoisotopic (exact) mass is 241 g/mol. The molecule has 0 amide bonds. The highest BCUT2D eigenvalue weighted by Crippen LogP contribution is 2.16. The van der Waals surface area contributed by atoms with Crippen molar-refractivity contribution in [1.29, 1.82) is 0 Å². The van der Waals surface area contributed by atoms with E-state index in [1.54, 1.807) is 0 Å². The summed E-state index contributed by atoms with van der Waals surface area (Å²) in [6.45, 7) is 1.95. The highest BCUT2D eigenvalue weighted by Gasteiger charge is 2.21. The highest BCUT2D eigenvalue weighted by molar-refractivity contribution is 7.17. The molecule has 2 heterocycles. The molecule has 16 heavy (non-hydrogen) atoms. The molecule has 0 spiro atoms. The number of hydrogen-bond donors (Lipinski definition) is 1. The maximum Gasteiger partial charge on any atom is 0.329 e. The molecule has 0 aromatic carbocycles. The molecule has 7 heteroatoms. The van der Waals surface area contributed by atoms with E-state index in [1.165, 1.54) is 23.0 Å². The van der Waals surface area contributed by atoms with Gasteiger partial charge in [-0.1, -0.05) is 6.92 Å². The lowest BCUT2D eigenvalue weighted by atomic mass is 10.3. The first kappa shape index (κ1) is 10.9. The average molecular weight is 241 g/mol. The van der Waals surface area contributed by atoms with Crippen LogP contribution in [0.3, 0.4) is 0 Å². The molecule has 2 aromatic rings. The minimum atomic E-state index is -0.619. The quantitative estimate of drug-likeness (QED) is 0.587. The molecule has 0 radical (unpaired) electrons. The third-order valence-corrected chi connectivity index (χ3v) is 3.62. The van der Waals surface area contributed by atoms with Crippen LogP contribution < -0.4 is 16.0 Å². The Labute approximate surface area is 94.4 Å². The Morgan fingerprint density at radius 2 is 2.19 bits per heavy atom. The summed E-state index contributed by atoms with van der Waals surface area (Å²) in [5, 5.41) is 12.4. The van der Waals surface area contributed by atoms with Crippen LogP contribution in [0, 0.1) is 5.21 Å². The smallest absolute Gasteiger partial charge is 0.329 e. The molecule has 0 fully saturated rings. The highest BCUT2D eigenvalue weighted by atomic mass is 32.1. The van der Waals surface area contributed by atoms with Crippen LogP contribution in [-0.4, -0.2) is 9.55 Å². The first-order valence-corrected chi connectivity index (χ1v) is 5.72. The van der Waals surface area contributed by atoms with Gasteiger partial charge in [0.05, 0.1) is 0 Å². The van der Waals surface area contributed by atoms with E-state index in [9.17, 15) is 14.8 Å². The van der Waals surface area contributed by atoms with Gasteiger partial charge in [0.2, 0.25) is 0 Å². The van der Waals surface area contributed by atoms with E-state index in [4.69, 9.17) is 0 Å². The lowest BCUT2D eigenvalue weighted by molar-refractivity contribution is -0.581. The summed E-state index contributed by atoms with van der Waals surface area (Å²) in [6, 6.07) is 0. The van der Waals surface area contributed by atoms with Crippen LogP contribution in [-0.2, 0) is 13.5 Å². The zero-order chi connectivity index (χ0) is 11.9. The molecule has 0 aliphatic heterocycles. The van der Waals surface area contributed by atoms with Crippen LogP contribution in [0.5, 0.6) is 0 Å². The van der Waals surface area contributed by atoms with Crippen LogP contribution in [0.1, 0.15) is 18.4 Å². The lowest BCUT2D eigenvalue weighted by Crippen LogP contribution is -2.37. The largest absolute Gasteiger partial charge is 0.617 e. The third kappa shape index (κ3) is 1.44. The molecule has 0 aliphatic carbocycles. The van der Waals surface area contributed by atoms with Gasteiger partial charge >= 0.3 is 16.8 Å². The van der Waals surface area contributed by atoms with Crippen molar-refractivity contribution in [2.24, 2.45) is 7.05 Å². The van der Waals surface area contributed by atoms with Gasteiger partial charge in [0.15, 0.2) is 4.83 Å². The number of nitrogens with one attached hydrogen (secondary N) is 1. The molecule has 0 aliphatic rings. The standard InChI is InChI=1S/C9H11N3O3S/c1-3-4-5-12(15)6-7(13)10-9(14)11(2)8(6)16-5/h3-4H2,1-2H3,(H,10,13,14). The van der Waals surface area contributed by atoms with Crippen molar-refractivity contribution in [1.82, 2.24) is 9.55 Å². The summed E-state index contributed by atoms with van der Waals surface area (Å²) in [6.07, 6.45) is 1.43. The van der Waals surface area contributed by atoms with Gasteiger partial charge in [0.25, 0.3) is 5.01 Å². The number of H-pyrrole nitrogens is 1. The molecule has 6 nitrogen and oxygen atoms in total. The van der Waals surface area contributed by atoms with Gasteiger partial charge in [0, 0.05) is 13.5 Å². The Morgan fingerprint density at radius 3 is 2.81 bits per heavy atom. The van der Waals surface area contributed by atoms with Gasteiger partial charge in [-0.2, -0.15) is 4.73 Å². The summed E-state index contributed by atoms with van der Waals surface area (Å²) >= 11 is 1.20. The van der Waals surface area contributed by atoms with Gasteiger partial charge in [-0.15, -0.1) is 0 Å². The summed E-state index contributed by atoms with van der Waals surface area (Å²) in [5.74, 6) is 0. The Bertz CT molecular complexity index is 652. The SMILES string of the molecule is CCCc1sc2c(c(=O)[nH]c(=O)n2C)[n+]1[O-]. The predicted octanol–water partition coefficient (Wildman–Crippen LogP) is -0.126. The number of thiazole rings is 1. The summed E-state index contributed by atoms with van der Waals surface area (Å²) in [4.78, 5) is 25.4. The Balaban J connectivity index is 2.91. The maximum atomic E-state index is 11.8. The van der Waals surface area contributed by atoms with Gasteiger partial charge in [0.1, 0.15) is 0 Å². The number of aromatic nitrogens is 3. The molecule has 1 N–H and O–H groups in total. The van der Waals surface area contributed by atoms with Crippen molar-refractivity contribution in [3.05, 3.63) is 31.1 Å². The second-order valence-corrected chi connectivity index (χ2v) is 4.57. The average Bonchev–Trinajstić information content (AvgIpc) is 2.55. The fourth-order valence-electron chi connectivity index (χ4n) is 1.53. The van der Waals surface area contributed by atoms with Crippen molar-refractivity contribution >= 4 is 21.7 Å². The minimum absolute atomic E-state index is 0.0237. The van der Waals surface area contributed by atoms with Crippen LogP contribution in [0.25, 0.3) is 10.3 Å². The van der Waals surface area contributed by atoms with Crippen LogP contribution in [0.15, 0.2) is 9.59 Å². The Kier molecular flexibility index (Phi) is 2.55. The normalized spacial score (nSPS) is 11.1. The summed E-state index contributed by atoms with van der Waals surface area (Å²) < 4.78 is 1.91. The number of aromatic amines is 1. The predicted molar refractivity (Wildman–Crippen MR) is 60.6 cm³/mol. The molecular formula is C9H11N3O3S. The van der Waals surface area contributed by atoms with Gasteiger partial charge in [-0.25, -0.2) is 4.79 Å². The van der Waals surface area contributed by atoms with Crippen LogP contribution in [0.4, 0.5) is 0 Å². The maximum absolute atomic E-state index is 11.8. The van der Waals surface area contributed by atoms with E-state index in [-0.39, 0.29) is 5.52 Å². The Hall–Kier alpha value is -1.63. The molecule has 86 valence electrons. The molecule has 0 unspecified atom stereocenters. The lowest BCUT2D eigenvalue weighted by Gasteiger charge is -1.96. The fraction of sp³-hybridized carbons (Fsp3) is 0.444. The van der Waals surface area contributed by atoms with E-state index < -0.39 is 11.2 Å². The summed E-state index contributed by atoms with van der Waals surface area (Å²) in [7, 11) is 1.53.